The number of anilines is 1. The van der Waals surface area contributed by atoms with E-state index >= 15 is 0 Å². The maximum atomic E-state index is 13.6. The van der Waals surface area contributed by atoms with Crippen molar-refractivity contribution < 1.29 is 19.1 Å². The lowest BCUT2D eigenvalue weighted by Crippen LogP contribution is -2.31. The van der Waals surface area contributed by atoms with Gasteiger partial charge in [-0.05, 0) is 48.2 Å². The summed E-state index contributed by atoms with van der Waals surface area (Å²) in [4.78, 5) is 41.2. The van der Waals surface area contributed by atoms with Gasteiger partial charge in [0.25, 0.3) is 5.91 Å². The molecular weight excluding hydrogens is 418 g/mol. The average Bonchev–Trinajstić information content (AvgIpc) is 3.09. The molecule has 1 aliphatic heterocycles. The van der Waals surface area contributed by atoms with Gasteiger partial charge in [-0.1, -0.05) is 50.2 Å². The van der Waals surface area contributed by atoms with E-state index in [1.807, 2.05) is 24.3 Å². The number of ether oxygens (including phenoxy) is 1. The zero-order valence-corrected chi connectivity index (χ0v) is 19.0. The van der Waals surface area contributed by atoms with Crippen LogP contribution in [0.5, 0.6) is 5.75 Å². The van der Waals surface area contributed by atoms with Crippen molar-refractivity contribution in [3.63, 3.8) is 0 Å². The summed E-state index contributed by atoms with van der Waals surface area (Å²) in [5.74, 6) is -2.13. The van der Waals surface area contributed by atoms with E-state index in [0.717, 1.165) is 5.56 Å². The Morgan fingerprint density at radius 3 is 2.33 bits per heavy atom. The van der Waals surface area contributed by atoms with Crippen LogP contribution in [0.15, 0.2) is 60.7 Å². The maximum absolute atomic E-state index is 13.6. The van der Waals surface area contributed by atoms with E-state index in [1.54, 1.807) is 43.3 Å². The van der Waals surface area contributed by atoms with Crippen LogP contribution in [-0.2, 0) is 9.59 Å². The number of carbonyl (C=O) groups excluding carboxylic acids is 3. The predicted octanol–water partition coefficient (Wildman–Crippen LogP) is 4.07. The van der Waals surface area contributed by atoms with Gasteiger partial charge in [0.15, 0.2) is 11.6 Å². The number of Topliss-reactive ketones (excluding diaryl/α,β-unsaturated/α-hetero) is 2. The molecule has 7 heteroatoms. The Morgan fingerprint density at radius 1 is 1.00 bits per heavy atom. The second-order valence-corrected chi connectivity index (χ2v) is 8.41. The second kappa shape index (κ2) is 8.94. The molecule has 0 radical (unpaired) electrons. The number of ketones is 2. The Labute approximate surface area is 192 Å². The lowest BCUT2D eigenvalue weighted by Gasteiger charge is -2.26. The van der Waals surface area contributed by atoms with Crippen molar-refractivity contribution in [2.75, 3.05) is 12.0 Å². The summed E-state index contributed by atoms with van der Waals surface area (Å²) in [5, 5.41) is 8.17. The summed E-state index contributed by atoms with van der Waals surface area (Å²) >= 11 is 0. The Balaban J connectivity index is 1.84. The summed E-state index contributed by atoms with van der Waals surface area (Å²) in [6.07, 6.45) is 0. The summed E-state index contributed by atoms with van der Waals surface area (Å²) in [5.41, 5.74) is 2.79. The van der Waals surface area contributed by atoms with E-state index in [9.17, 15) is 14.4 Å². The average molecular weight is 444 g/mol. The molecule has 0 bridgehead atoms. The molecule has 168 valence electrons. The highest BCUT2D eigenvalue weighted by molar-refractivity contribution is 6.48. The zero-order chi connectivity index (χ0) is 23.7. The lowest BCUT2D eigenvalue weighted by molar-refractivity contribution is -0.135. The van der Waals surface area contributed by atoms with Gasteiger partial charge in [-0.25, -0.2) is 0 Å². The third-order valence-electron chi connectivity index (χ3n) is 5.92. The quantitative estimate of drug-likeness (QED) is 0.324. The molecule has 2 unspecified atom stereocenters. The first-order valence-corrected chi connectivity index (χ1v) is 10.8. The molecule has 1 aliphatic rings. The van der Waals surface area contributed by atoms with E-state index in [-0.39, 0.29) is 5.82 Å². The van der Waals surface area contributed by atoms with Crippen molar-refractivity contribution in [2.45, 2.75) is 32.7 Å². The van der Waals surface area contributed by atoms with Crippen LogP contribution in [0.3, 0.4) is 0 Å². The molecule has 0 saturated carbocycles. The fourth-order valence-corrected chi connectivity index (χ4v) is 4.08. The molecule has 1 fully saturated rings. The normalized spacial score (nSPS) is 18.2. The summed E-state index contributed by atoms with van der Waals surface area (Å²) in [6, 6.07) is 16.8. The summed E-state index contributed by atoms with van der Waals surface area (Å²) < 4.78 is 5.23. The van der Waals surface area contributed by atoms with Gasteiger partial charge in [-0.3, -0.25) is 19.3 Å². The summed E-state index contributed by atoms with van der Waals surface area (Å²) in [6.45, 7) is 5.95. The van der Waals surface area contributed by atoms with Gasteiger partial charge in [0.1, 0.15) is 11.7 Å². The Hall–Kier alpha value is -3.87. The molecule has 0 aliphatic carbocycles. The number of methoxy groups -OCH3 is 1. The van der Waals surface area contributed by atoms with Gasteiger partial charge in [0.05, 0.1) is 18.8 Å². The molecule has 2 atom stereocenters. The van der Waals surface area contributed by atoms with Crippen molar-refractivity contribution in [1.29, 1.82) is 0 Å². The van der Waals surface area contributed by atoms with Crippen molar-refractivity contribution in [2.24, 2.45) is 5.92 Å². The zero-order valence-electron chi connectivity index (χ0n) is 19.0. The smallest absolute Gasteiger partial charge is 0.297 e. The van der Waals surface area contributed by atoms with Gasteiger partial charge in [0.2, 0.25) is 5.78 Å². The Morgan fingerprint density at radius 2 is 1.73 bits per heavy atom. The predicted molar refractivity (Wildman–Crippen MR) is 123 cm³/mol. The molecule has 0 spiro atoms. The first kappa shape index (κ1) is 22.3. The van der Waals surface area contributed by atoms with Crippen LogP contribution in [0, 0.1) is 12.8 Å². The molecule has 2 heterocycles. The van der Waals surface area contributed by atoms with Gasteiger partial charge in [-0.2, -0.15) is 5.10 Å². The van der Waals surface area contributed by atoms with E-state index < -0.39 is 29.4 Å². The molecule has 1 aromatic heterocycles. The molecular formula is C26H25N3O4. The van der Waals surface area contributed by atoms with E-state index in [1.165, 1.54) is 12.0 Å². The highest BCUT2D eigenvalue weighted by Crippen LogP contribution is 2.41. The highest BCUT2D eigenvalue weighted by Gasteiger charge is 2.52. The number of carbonyl (C=O) groups is 3. The number of aryl methyl sites for hydroxylation is 1. The Bertz CT molecular complexity index is 1200. The van der Waals surface area contributed by atoms with E-state index in [0.29, 0.717) is 28.5 Å². The van der Waals surface area contributed by atoms with Gasteiger partial charge in [0, 0.05) is 5.56 Å². The fraction of sp³-hybridized carbons (Fsp3) is 0.269. The largest absolute Gasteiger partial charge is 0.497 e. The molecule has 0 N–H and O–H groups in total. The van der Waals surface area contributed by atoms with Crippen molar-refractivity contribution in [1.82, 2.24) is 10.2 Å². The van der Waals surface area contributed by atoms with Crippen LogP contribution < -0.4 is 9.64 Å². The van der Waals surface area contributed by atoms with E-state index in [2.05, 4.69) is 24.0 Å². The summed E-state index contributed by atoms with van der Waals surface area (Å²) in [7, 11) is 1.50. The minimum absolute atomic E-state index is 0.234. The first-order valence-electron chi connectivity index (χ1n) is 10.8. The van der Waals surface area contributed by atoms with Crippen molar-refractivity contribution >= 4 is 23.3 Å². The molecule has 7 nitrogen and oxygen atoms in total. The number of amides is 1. The molecule has 33 heavy (non-hydrogen) atoms. The van der Waals surface area contributed by atoms with Crippen LogP contribution in [0.25, 0.3) is 0 Å². The van der Waals surface area contributed by atoms with Crippen LogP contribution in [0.4, 0.5) is 5.82 Å². The second-order valence-electron chi connectivity index (χ2n) is 8.41. The standard InChI is InChI=1S/C26H25N3O4/c1-15(2)17-9-11-18(12-10-17)23-22(24(30)19-6-5-7-20(14-19)33-4)25(31)26(32)29(23)21-13-8-16(3)27-28-21/h5-15,22-23H,1-4H3. The molecule has 1 saturated heterocycles. The molecule has 1 amide bonds. The molecule has 4 rings (SSSR count). The Kier molecular flexibility index (Phi) is 6.05. The third-order valence-corrected chi connectivity index (χ3v) is 5.92. The number of benzene rings is 2. The number of aromatic nitrogens is 2. The van der Waals surface area contributed by atoms with Gasteiger partial charge < -0.3 is 4.74 Å². The van der Waals surface area contributed by atoms with Crippen LogP contribution in [0.2, 0.25) is 0 Å². The fourth-order valence-electron chi connectivity index (χ4n) is 4.08. The lowest BCUT2D eigenvalue weighted by atomic mass is 9.85. The first-order chi connectivity index (χ1) is 15.8. The number of hydrogen-bond donors (Lipinski definition) is 0. The highest BCUT2D eigenvalue weighted by atomic mass is 16.5. The molecule has 3 aromatic rings. The topological polar surface area (TPSA) is 89.5 Å². The monoisotopic (exact) mass is 443 g/mol. The van der Waals surface area contributed by atoms with Crippen LogP contribution in [-0.4, -0.2) is 34.8 Å². The van der Waals surface area contributed by atoms with Gasteiger partial charge in [-0.15, -0.1) is 5.10 Å². The van der Waals surface area contributed by atoms with Gasteiger partial charge >= 0.3 is 0 Å². The van der Waals surface area contributed by atoms with Crippen molar-refractivity contribution in [3.8, 4) is 5.75 Å². The SMILES string of the molecule is COc1cccc(C(=O)C2C(=O)C(=O)N(c3ccc(C)nn3)C2c2ccc(C(C)C)cc2)c1. The number of nitrogens with zero attached hydrogens (tertiary/aromatic N) is 3. The minimum atomic E-state index is -1.21. The number of hydrogen-bond acceptors (Lipinski definition) is 6. The van der Waals surface area contributed by atoms with Crippen LogP contribution >= 0.6 is 0 Å². The number of rotatable bonds is 6. The molecule has 2 aromatic carbocycles. The van der Waals surface area contributed by atoms with Crippen molar-refractivity contribution in [3.05, 3.63) is 83.0 Å². The maximum Gasteiger partial charge on any atom is 0.297 e. The van der Waals surface area contributed by atoms with E-state index in [4.69, 9.17) is 4.74 Å². The third kappa shape index (κ3) is 4.14. The minimum Gasteiger partial charge on any atom is -0.497 e. The van der Waals surface area contributed by atoms with Crippen LogP contribution in [0.1, 0.15) is 53.0 Å².